The smallest absolute Gasteiger partial charge is 0.291 e. The third-order valence-corrected chi connectivity index (χ3v) is 5.11. The van der Waals surface area contributed by atoms with Gasteiger partial charge in [-0.3, -0.25) is 9.59 Å². The standard InChI is InChI=1S/C24H22BrN3O4/c1-24(2,3)23-28-17-13-16(8-9-18(17)32-23)26-21(29)12-14-4-6-15(7-5-14)27-22(30)19-10-11-20(25)31-19/h4-11,13H,12H2,1-3H3,(H,26,29)(H,27,30). The fraction of sp³-hybridized carbons (Fsp3) is 0.208. The van der Waals surface area contributed by atoms with Gasteiger partial charge < -0.3 is 19.5 Å². The van der Waals surface area contributed by atoms with Crippen LogP contribution in [0, 0.1) is 0 Å². The molecule has 4 rings (SSSR count). The van der Waals surface area contributed by atoms with Crippen molar-refractivity contribution in [1.29, 1.82) is 0 Å². The van der Waals surface area contributed by atoms with Crippen LogP contribution in [0.15, 0.2) is 68.1 Å². The van der Waals surface area contributed by atoms with Crippen LogP contribution >= 0.6 is 15.9 Å². The van der Waals surface area contributed by atoms with Crippen molar-refractivity contribution in [3.05, 3.63) is 76.5 Å². The number of amides is 2. The van der Waals surface area contributed by atoms with Crippen LogP contribution in [-0.2, 0) is 16.6 Å². The highest BCUT2D eigenvalue weighted by Crippen LogP contribution is 2.27. The highest BCUT2D eigenvalue weighted by molar-refractivity contribution is 9.10. The predicted octanol–water partition coefficient (Wildman–Crippen LogP) is 5.91. The molecule has 0 spiro atoms. The Hall–Kier alpha value is -3.39. The van der Waals surface area contributed by atoms with E-state index in [4.69, 9.17) is 8.83 Å². The summed E-state index contributed by atoms with van der Waals surface area (Å²) in [6, 6.07) is 15.7. The number of rotatable bonds is 5. The van der Waals surface area contributed by atoms with E-state index in [0.29, 0.717) is 33.0 Å². The molecule has 32 heavy (non-hydrogen) atoms. The minimum atomic E-state index is -0.348. The molecular weight excluding hydrogens is 474 g/mol. The SMILES string of the molecule is CC(C)(C)c1nc2cc(NC(=O)Cc3ccc(NC(=O)c4ccc(Br)o4)cc3)ccc2o1. The van der Waals surface area contributed by atoms with Crippen LogP contribution in [0.25, 0.3) is 11.1 Å². The van der Waals surface area contributed by atoms with E-state index in [2.05, 4.69) is 31.5 Å². The van der Waals surface area contributed by atoms with Crippen molar-refractivity contribution in [3.63, 3.8) is 0 Å². The zero-order valence-corrected chi connectivity index (χ0v) is 19.4. The summed E-state index contributed by atoms with van der Waals surface area (Å²) in [4.78, 5) is 29.2. The van der Waals surface area contributed by atoms with Crippen LogP contribution in [-0.4, -0.2) is 16.8 Å². The number of oxazole rings is 1. The Bertz CT molecular complexity index is 1280. The van der Waals surface area contributed by atoms with E-state index in [-0.39, 0.29) is 29.4 Å². The van der Waals surface area contributed by atoms with E-state index in [0.717, 1.165) is 5.56 Å². The topological polar surface area (TPSA) is 97.4 Å². The van der Waals surface area contributed by atoms with Crippen LogP contribution in [0.5, 0.6) is 0 Å². The minimum Gasteiger partial charge on any atom is -0.444 e. The first-order valence-electron chi connectivity index (χ1n) is 10.0. The Morgan fingerprint density at radius 2 is 1.66 bits per heavy atom. The molecule has 0 unspecified atom stereocenters. The maximum Gasteiger partial charge on any atom is 0.291 e. The van der Waals surface area contributed by atoms with Crippen LogP contribution in [0.3, 0.4) is 0 Å². The monoisotopic (exact) mass is 495 g/mol. The molecular formula is C24H22BrN3O4. The van der Waals surface area contributed by atoms with Crippen molar-refractivity contribution in [2.24, 2.45) is 0 Å². The van der Waals surface area contributed by atoms with Crippen LogP contribution in [0.1, 0.15) is 42.8 Å². The number of hydrogen-bond donors (Lipinski definition) is 2. The molecule has 0 aliphatic carbocycles. The average Bonchev–Trinajstić information content (AvgIpc) is 3.35. The van der Waals surface area contributed by atoms with Crippen molar-refractivity contribution in [3.8, 4) is 0 Å². The van der Waals surface area contributed by atoms with Gasteiger partial charge in [-0.25, -0.2) is 4.98 Å². The lowest BCUT2D eigenvalue weighted by molar-refractivity contribution is -0.115. The van der Waals surface area contributed by atoms with Gasteiger partial charge in [0, 0.05) is 16.8 Å². The van der Waals surface area contributed by atoms with Gasteiger partial charge in [-0.2, -0.15) is 0 Å². The van der Waals surface area contributed by atoms with Gasteiger partial charge >= 0.3 is 0 Å². The molecule has 0 atom stereocenters. The first kappa shape index (κ1) is 21.8. The Labute approximate surface area is 193 Å². The number of hydrogen-bond acceptors (Lipinski definition) is 5. The number of aromatic nitrogens is 1. The molecule has 0 radical (unpaired) electrons. The summed E-state index contributed by atoms with van der Waals surface area (Å²) in [6.45, 7) is 6.10. The van der Waals surface area contributed by atoms with E-state index in [1.807, 2.05) is 26.8 Å². The van der Waals surface area contributed by atoms with Crippen LogP contribution < -0.4 is 10.6 Å². The fourth-order valence-corrected chi connectivity index (χ4v) is 3.36. The van der Waals surface area contributed by atoms with Gasteiger partial charge in [-0.15, -0.1) is 0 Å². The lowest BCUT2D eigenvalue weighted by Gasteiger charge is -2.11. The molecule has 0 saturated heterocycles. The van der Waals surface area contributed by atoms with Gasteiger partial charge in [0.15, 0.2) is 16.0 Å². The van der Waals surface area contributed by atoms with E-state index in [1.54, 1.807) is 48.5 Å². The quantitative estimate of drug-likeness (QED) is 0.358. The van der Waals surface area contributed by atoms with Crippen molar-refractivity contribution in [2.45, 2.75) is 32.6 Å². The predicted molar refractivity (Wildman–Crippen MR) is 126 cm³/mol. The summed E-state index contributed by atoms with van der Waals surface area (Å²) in [5.41, 5.74) is 3.29. The molecule has 2 N–H and O–H groups in total. The molecule has 4 aromatic rings. The zero-order chi connectivity index (χ0) is 22.9. The molecule has 2 aromatic heterocycles. The Kier molecular flexibility index (Phi) is 5.88. The van der Waals surface area contributed by atoms with Crippen molar-refractivity contribution < 1.29 is 18.4 Å². The van der Waals surface area contributed by atoms with Gasteiger partial charge in [-0.05, 0) is 64.0 Å². The number of carbonyl (C=O) groups is 2. The number of nitrogens with one attached hydrogen (secondary N) is 2. The molecule has 0 saturated carbocycles. The second-order valence-corrected chi connectivity index (χ2v) is 9.21. The van der Waals surface area contributed by atoms with Crippen molar-refractivity contribution >= 4 is 50.2 Å². The van der Waals surface area contributed by atoms with Crippen molar-refractivity contribution in [2.75, 3.05) is 10.6 Å². The lowest BCUT2D eigenvalue weighted by atomic mass is 9.97. The second-order valence-electron chi connectivity index (χ2n) is 8.43. The van der Waals surface area contributed by atoms with Crippen LogP contribution in [0.2, 0.25) is 0 Å². The Morgan fingerprint density at radius 3 is 2.31 bits per heavy atom. The van der Waals surface area contributed by atoms with Gasteiger partial charge in [0.1, 0.15) is 5.52 Å². The summed E-state index contributed by atoms with van der Waals surface area (Å²) in [6.07, 6.45) is 0.198. The molecule has 0 bridgehead atoms. The number of anilines is 2. The minimum absolute atomic E-state index is 0.152. The number of furan rings is 1. The van der Waals surface area contributed by atoms with E-state index in [9.17, 15) is 9.59 Å². The summed E-state index contributed by atoms with van der Waals surface area (Å²) in [7, 11) is 0. The number of fused-ring (bicyclic) bond motifs is 1. The van der Waals surface area contributed by atoms with Gasteiger partial charge in [-0.1, -0.05) is 32.9 Å². The number of carbonyl (C=O) groups excluding carboxylic acids is 2. The molecule has 0 aliphatic rings. The highest BCUT2D eigenvalue weighted by Gasteiger charge is 2.21. The third kappa shape index (κ3) is 5.08. The number of halogens is 1. The molecule has 0 fully saturated rings. The average molecular weight is 496 g/mol. The largest absolute Gasteiger partial charge is 0.444 e. The van der Waals surface area contributed by atoms with Gasteiger partial charge in [0.05, 0.1) is 6.42 Å². The molecule has 8 heteroatoms. The maximum absolute atomic E-state index is 12.5. The van der Waals surface area contributed by atoms with Crippen LogP contribution in [0.4, 0.5) is 11.4 Å². The summed E-state index contributed by atoms with van der Waals surface area (Å²) >= 11 is 3.17. The Morgan fingerprint density at radius 1 is 0.938 bits per heavy atom. The molecule has 0 aliphatic heterocycles. The number of nitrogens with zero attached hydrogens (tertiary/aromatic N) is 1. The van der Waals surface area contributed by atoms with E-state index >= 15 is 0 Å². The Balaban J connectivity index is 1.37. The molecule has 2 heterocycles. The third-order valence-electron chi connectivity index (χ3n) is 4.69. The summed E-state index contributed by atoms with van der Waals surface area (Å²) < 4.78 is 11.5. The molecule has 2 amide bonds. The molecule has 164 valence electrons. The normalized spacial score (nSPS) is 11.5. The first-order chi connectivity index (χ1) is 15.2. The number of benzene rings is 2. The summed E-state index contributed by atoms with van der Waals surface area (Å²) in [5, 5.41) is 5.65. The van der Waals surface area contributed by atoms with E-state index in [1.165, 1.54) is 0 Å². The second kappa shape index (κ2) is 8.63. The molecule has 7 nitrogen and oxygen atoms in total. The van der Waals surface area contributed by atoms with Gasteiger partial charge in [0.2, 0.25) is 11.8 Å². The maximum atomic E-state index is 12.5. The highest BCUT2D eigenvalue weighted by atomic mass is 79.9. The lowest BCUT2D eigenvalue weighted by Crippen LogP contribution is -2.14. The van der Waals surface area contributed by atoms with Gasteiger partial charge in [0.25, 0.3) is 5.91 Å². The fourth-order valence-electron chi connectivity index (χ4n) is 3.05. The molecule has 2 aromatic carbocycles. The summed E-state index contributed by atoms with van der Waals surface area (Å²) in [5.74, 6) is 0.363. The first-order valence-corrected chi connectivity index (χ1v) is 10.8. The zero-order valence-electron chi connectivity index (χ0n) is 17.9. The van der Waals surface area contributed by atoms with E-state index < -0.39 is 0 Å². The van der Waals surface area contributed by atoms with Crippen molar-refractivity contribution in [1.82, 2.24) is 4.98 Å².